The summed E-state index contributed by atoms with van der Waals surface area (Å²) in [5, 5.41) is 16.8. The van der Waals surface area contributed by atoms with Crippen LogP contribution in [0.15, 0.2) is 93.8 Å². The molecule has 3 atom stereocenters. The summed E-state index contributed by atoms with van der Waals surface area (Å²) >= 11 is 1.21. The molecule has 2 aliphatic heterocycles. The van der Waals surface area contributed by atoms with Gasteiger partial charge in [0.15, 0.2) is 5.76 Å². The average Bonchev–Trinajstić information content (AvgIpc) is 3.61. The van der Waals surface area contributed by atoms with E-state index in [4.69, 9.17) is 18.8 Å². The summed E-state index contributed by atoms with van der Waals surface area (Å²) in [5.41, 5.74) is 1.89. The van der Waals surface area contributed by atoms with Gasteiger partial charge in [0.1, 0.15) is 29.8 Å². The van der Waals surface area contributed by atoms with Crippen LogP contribution in [0.2, 0.25) is 0 Å². The molecule has 0 aliphatic carbocycles. The standard InChI is InChI=1S/C33H32N4O10S/c1-19(16-26(39)37(44-3)24-13-8-7-12-23(24)21-10-5-4-6-11-21)47-35-27(25-14-9-15-45-25)30(40)34-28-31(41)36-29(33(42)43)22(17-46-20(2)38)18-48-32(28)36/h4-15,19,28,32H,16-18H2,1-3H3,(H,34,40)(H,42,43)/t19?,28-,32-/m1/s1. The van der Waals surface area contributed by atoms with Crippen LogP contribution in [-0.2, 0) is 38.4 Å². The van der Waals surface area contributed by atoms with Crippen molar-refractivity contribution in [3.05, 3.63) is 90.0 Å². The number of ether oxygens (including phenoxy) is 1. The summed E-state index contributed by atoms with van der Waals surface area (Å²) in [7, 11) is 1.38. The first-order chi connectivity index (χ1) is 23.1. The zero-order valence-electron chi connectivity index (χ0n) is 26.2. The van der Waals surface area contributed by atoms with Crippen molar-refractivity contribution in [2.24, 2.45) is 5.16 Å². The van der Waals surface area contributed by atoms with Gasteiger partial charge in [-0.05, 0) is 30.7 Å². The zero-order chi connectivity index (χ0) is 34.4. The van der Waals surface area contributed by atoms with E-state index in [1.165, 1.54) is 49.3 Å². The van der Waals surface area contributed by atoms with Crippen molar-refractivity contribution >= 4 is 52.8 Å². The number of carbonyl (C=O) groups is 5. The van der Waals surface area contributed by atoms with Gasteiger partial charge in [0.25, 0.3) is 17.7 Å². The third-order valence-corrected chi connectivity index (χ3v) is 8.70. The number of esters is 1. The number of hydrogen-bond donors (Lipinski definition) is 2. The fraction of sp³-hybridized carbons (Fsp3) is 0.273. The first-order valence-corrected chi connectivity index (χ1v) is 15.8. The molecule has 0 bridgehead atoms. The van der Waals surface area contributed by atoms with Crippen LogP contribution in [0.4, 0.5) is 5.69 Å². The van der Waals surface area contributed by atoms with Crippen LogP contribution in [0, 0.1) is 0 Å². The van der Waals surface area contributed by atoms with E-state index in [0.29, 0.717) is 5.69 Å². The minimum atomic E-state index is -1.36. The van der Waals surface area contributed by atoms with Gasteiger partial charge in [0.05, 0.1) is 25.5 Å². The lowest BCUT2D eigenvalue weighted by atomic mass is 10.0. The van der Waals surface area contributed by atoms with E-state index in [2.05, 4.69) is 10.5 Å². The normalized spacial score (nSPS) is 17.9. The molecule has 2 N–H and O–H groups in total. The number of aliphatic carboxylic acids is 1. The summed E-state index contributed by atoms with van der Waals surface area (Å²) < 4.78 is 10.3. The fourth-order valence-electron chi connectivity index (χ4n) is 5.16. The zero-order valence-corrected chi connectivity index (χ0v) is 27.0. The number of furan rings is 1. The second-order valence-corrected chi connectivity index (χ2v) is 11.8. The van der Waals surface area contributed by atoms with Gasteiger partial charge >= 0.3 is 11.9 Å². The number of thioether (sulfide) groups is 1. The predicted octanol–water partition coefficient (Wildman–Crippen LogP) is 3.34. The van der Waals surface area contributed by atoms with Crippen LogP contribution < -0.4 is 10.4 Å². The largest absolute Gasteiger partial charge is 0.477 e. The Kier molecular flexibility index (Phi) is 10.6. The number of fused-ring (bicyclic) bond motifs is 1. The van der Waals surface area contributed by atoms with Gasteiger partial charge in [0.2, 0.25) is 5.71 Å². The number of carboxylic acids is 1. The highest BCUT2D eigenvalue weighted by Gasteiger charge is 2.54. The van der Waals surface area contributed by atoms with Gasteiger partial charge < -0.3 is 24.4 Å². The highest BCUT2D eigenvalue weighted by molar-refractivity contribution is 8.00. The first kappa shape index (κ1) is 33.9. The number of rotatable bonds is 13. The molecule has 48 heavy (non-hydrogen) atoms. The van der Waals surface area contributed by atoms with Crippen molar-refractivity contribution in [1.82, 2.24) is 10.2 Å². The lowest BCUT2D eigenvalue weighted by Crippen LogP contribution is -2.71. The number of carbonyl (C=O) groups excluding carboxylic acids is 4. The fourth-order valence-corrected chi connectivity index (χ4v) is 6.49. The summed E-state index contributed by atoms with van der Waals surface area (Å²) in [4.78, 5) is 75.3. The van der Waals surface area contributed by atoms with Gasteiger partial charge in [-0.1, -0.05) is 53.7 Å². The quantitative estimate of drug-likeness (QED) is 0.117. The summed E-state index contributed by atoms with van der Waals surface area (Å²) in [6.45, 7) is 2.52. The predicted molar refractivity (Wildman–Crippen MR) is 173 cm³/mol. The Bertz CT molecular complexity index is 1760. The van der Waals surface area contributed by atoms with Crippen LogP contribution in [0.1, 0.15) is 26.0 Å². The number of oxime groups is 1. The number of nitrogens with zero attached hydrogens (tertiary/aromatic N) is 3. The second-order valence-electron chi connectivity index (χ2n) is 10.7. The Labute approximate surface area is 279 Å². The van der Waals surface area contributed by atoms with Gasteiger partial charge in [-0.3, -0.25) is 28.9 Å². The highest BCUT2D eigenvalue weighted by Crippen LogP contribution is 2.40. The SMILES string of the molecule is CON(C(=O)CC(C)ON=C(C(=O)N[C@@H]1C(=O)N2C(C(=O)O)=C(COC(C)=O)CS[C@H]12)c1ccco1)c1ccccc1-c1ccccc1. The van der Waals surface area contributed by atoms with Crippen molar-refractivity contribution in [3.63, 3.8) is 0 Å². The van der Waals surface area contributed by atoms with Gasteiger partial charge in [-0.25, -0.2) is 4.79 Å². The summed E-state index contributed by atoms with van der Waals surface area (Å²) in [6, 6.07) is 18.7. The molecule has 2 aromatic carbocycles. The lowest BCUT2D eigenvalue weighted by Gasteiger charge is -2.49. The molecule has 15 heteroatoms. The van der Waals surface area contributed by atoms with Crippen molar-refractivity contribution in [2.75, 3.05) is 24.5 Å². The first-order valence-electron chi connectivity index (χ1n) is 14.7. The molecule has 3 heterocycles. The number of benzene rings is 2. The number of para-hydroxylation sites is 1. The van der Waals surface area contributed by atoms with E-state index in [9.17, 15) is 29.1 Å². The van der Waals surface area contributed by atoms with Crippen LogP contribution in [0.5, 0.6) is 0 Å². The third-order valence-electron chi connectivity index (χ3n) is 7.36. The Balaban J connectivity index is 1.27. The van der Waals surface area contributed by atoms with E-state index in [0.717, 1.165) is 16.0 Å². The maximum Gasteiger partial charge on any atom is 0.352 e. The highest BCUT2D eigenvalue weighted by atomic mass is 32.2. The molecule has 1 unspecified atom stereocenters. The molecule has 2 aliphatic rings. The molecule has 3 aromatic rings. The minimum absolute atomic E-state index is 0.0380. The monoisotopic (exact) mass is 676 g/mol. The van der Waals surface area contributed by atoms with Crippen LogP contribution in [0.25, 0.3) is 11.1 Å². The van der Waals surface area contributed by atoms with Gasteiger partial charge in [-0.2, -0.15) is 5.06 Å². The van der Waals surface area contributed by atoms with Crippen LogP contribution in [-0.4, -0.2) is 82.4 Å². The summed E-state index contributed by atoms with van der Waals surface area (Å²) in [6.07, 6.45) is 0.320. The van der Waals surface area contributed by atoms with E-state index < -0.39 is 47.2 Å². The van der Waals surface area contributed by atoms with E-state index in [1.807, 2.05) is 42.5 Å². The lowest BCUT2D eigenvalue weighted by molar-refractivity contribution is -0.150. The molecule has 5 rings (SSSR count). The molecule has 1 aromatic heterocycles. The number of hydroxylamine groups is 1. The molecule has 1 saturated heterocycles. The van der Waals surface area contributed by atoms with E-state index >= 15 is 0 Å². The molecule has 1 fully saturated rings. The van der Waals surface area contributed by atoms with Crippen molar-refractivity contribution < 1.29 is 47.9 Å². The topological polar surface area (TPSA) is 177 Å². The number of hydrogen-bond acceptors (Lipinski definition) is 11. The average molecular weight is 677 g/mol. The molecule has 3 amide bonds. The van der Waals surface area contributed by atoms with Crippen molar-refractivity contribution in [1.29, 1.82) is 0 Å². The smallest absolute Gasteiger partial charge is 0.352 e. The second kappa shape index (κ2) is 15.0. The number of nitrogens with one attached hydrogen (secondary N) is 1. The number of carboxylic acid groups (broad SMARTS) is 1. The van der Waals surface area contributed by atoms with E-state index in [-0.39, 0.29) is 41.5 Å². The molecule has 250 valence electrons. The Morgan fingerprint density at radius 2 is 1.83 bits per heavy atom. The molecule has 0 radical (unpaired) electrons. The number of anilines is 1. The Morgan fingerprint density at radius 3 is 2.50 bits per heavy atom. The number of β-lactam (4-membered cyclic amide) rings is 1. The van der Waals surface area contributed by atoms with Crippen molar-refractivity contribution in [2.45, 2.75) is 37.8 Å². The minimum Gasteiger partial charge on any atom is -0.477 e. The molecule has 14 nitrogen and oxygen atoms in total. The Hall–Kier alpha value is -5.41. The molecular weight excluding hydrogens is 644 g/mol. The van der Waals surface area contributed by atoms with E-state index in [1.54, 1.807) is 19.1 Å². The maximum absolute atomic E-state index is 13.4. The molecular formula is C33H32N4O10S. The number of amides is 3. The van der Waals surface area contributed by atoms with Crippen molar-refractivity contribution in [3.8, 4) is 11.1 Å². The summed E-state index contributed by atoms with van der Waals surface area (Å²) in [5.74, 6) is -3.65. The van der Waals surface area contributed by atoms with Crippen LogP contribution in [0.3, 0.4) is 0 Å². The van der Waals surface area contributed by atoms with Gasteiger partial charge in [0, 0.05) is 23.8 Å². The van der Waals surface area contributed by atoms with Crippen LogP contribution >= 0.6 is 11.8 Å². The molecule has 0 saturated carbocycles. The maximum atomic E-state index is 13.4. The Morgan fingerprint density at radius 1 is 1.10 bits per heavy atom. The molecule has 0 spiro atoms. The van der Waals surface area contributed by atoms with Gasteiger partial charge in [-0.15, -0.1) is 11.8 Å². The third kappa shape index (κ3) is 7.26.